The van der Waals surface area contributed by atoms with Gasteiger partial charge in [0.2, 0.25) is 0 Å². The molecule has 0 spiro atoms. The lowest BCUT2D eigenvalue weighted by atomic mass is 10.2. The van der Waals surface area contributed by atoms with Crippen molar-refractivity contribution in [3.63, 3.8) is 0 Å². The molecule has 1 saturated heterocycles. The smallest absolute Gasteiger partial charge is 0.350 e. The predicted octanol–water partition coefficient (Wildman–Crippen LogP) is 8.89. The molecule has 1 heterocycles. The van der Waals surface area contributed by atoms with Crippen molar-refractivity contribution in [2.45, 2.75) is 183 Å². The lowest BCUT2D eigenvalue weighted by molar-refractivity contribution is -0.0179. The zero-order valence-electron chi connectivity index (χ0n) is 32.4. The standard InChI is InChI=1S/C32H72O8Si4/c1-25(2)41(21-33-29(9,10)11)37-42(26(3)4,22-34-30(12,13)14)39-44(28(7)8,24-36-32(18,19)20)40-43(38-41,27(5)6)23-35-31(15,16)17/h25-28H,21-24H2,1-20H3. The Morgan fingerprint density at radius 1 is 0.341 bits per heavy atom. The van der Waals surface area contributed by atoms with Crippen LogP contribution in [0.4, 0.5) is 0 Å². The fourth-order valence-corrected chi connectivity index (χ4v) is 29.2. The summed E-state index contributed by atoms with van der Waals surface area (Å²) in [5.74, 6) is 0. The second-order valence-electron chi connectivity index (χ2n) is 17.9. The Bertz CT molecular complexity index is 731. The Morgan fingerprint density at radius 3 is 0.568 bits per heavy atom. The van der Waals surface area contributed by atoms with Gasteiger partial charge in [-0.15, -0.1) is 0 Å². The molecular weight excluding hydrogens is 625 g/mol. The van der Waals surface area contributed by atoms with E-state index in [-0.39, 0.29) is 44.6 Å². The van der Waals surface area contributed by atoms with E-state index in [2.05, 4.69) is 138 Å². The molecule has 0 unspecified atom stereocenters. The Labute approximate surface area is 276 Å². The molecule has 0 aromatic rings. The molecule has 1 aliphatic heterocycles. The Balaban J connectivity index is 4.20. The van der Waals surface area contributed by atoms with E-state index in [1.165, 1.54) is 0 Å². The van der Waals surface area contributed by atoms with E-state index in [1.807, 2.05) is 0 Å². The first-order chi connectivity index (χ1) is 19.4. The molecule has 0 aromatic carbocycles. The van der Waals surface area contributed by atoms with Crippen LogP contribution >= 0.6 is 0 Å². The van der Waals surface area contributed by atoms with Crippen molar-refractivity contribution in [3.8, 4) is 0 Å². The summed E-state index contributed by atoms with van der Waals surface area (Å²) >= 11 is 0. The molecule has 44 heavy (non-hydrogen) atoms. The summed E-state index contributed by atoms with van der Waals surface area (Å²) in [5.41, 5.74) is -1.30. The molecule has 0 bridgehead atoms. The second-order valence-corrected chi connectivity index (χ2v) is 33.4. The fraction of sp³-hybridized carbons (Fsp3) is 1.00. The highest BCUT2D eigenvalue weighted by Gasteiger charge is 2.67. The topological polar surface area (TPSA) is 73.8 Å². The van der Waals surface area contributed by atoms with Gasteiger partial charge in [-0.1, -0.05) is 55.4 Å². The minimum Gasteiger partial charge on any atom is -0.412 e. The SMILES string of the molecule is CC(C)[Si]1(COC(C)(C)C)O[Si](COC(C)(C)C)(C(C)C)O[Si](COC(C)(C)C)(C(C)C)O[Si](COC(C)(C)C)(C(C)C)O1. The van der Waals surface area contributed by atoms with Crippen LogP contribution in [0.2, 0.25) is 22.2 Å². The van der Waals surface area contributed by atoms with Crippen LogP contribution in [0, 0.1) is 0 Å². The summed E-state index contributed by atoms with van der Waals surface area (Å²) in [7, 11) is -12.9. The average Bonchev–Trinajstić information content (AvgIpc) is 2.79. The summed E-state index contributed by atoms with van der Waals surface area (Å²) < 4.78 is 57.3. The molecule has 12 heteroatoms. The van der Waals surface area contributed by atoms with Crippen LogP contribution in [0.1, 0.15) is 138 Å². The highest BCUT2D eigenvalue weighted by molar-refractivity contribution is 6.96. The van der Waals surface area contributed by atoms with E-state index >= 15 is 0 Å². The summed E-state index contributed by atoms with van der Waals surface area (Å²) in [6.45, 7) is 42.6. The zero-order valence-corrected chi connectivity index (χ0v) is 36.4. The van der Waals surface area contributed by atoms with Crippen LogP contribution < -0.4 is 0 Å². The van der Waals surface area contributed by atoms with Crippen molar-refractivity contribution in [1.29, 1.82) is 0 Å². The molecule has 0 aliphatic carbocycles. The number of rotatable bonds is 12. The largest absolute Gasteiger partial charge is 0.412 e. The Kier molecular flexibility index (Phi) is 14.5. The first-order valence-electron chi connectivity index (χ1n) is 16.8. The fourth-order valence-electron chi connectivity index (χ4n) is 4.37. The average molecular weight is 697 g/mol. The number of ether oxygens (including phenoxy) is 4. The van der Waals surface area contributed by atoms with E-state index in [4.69, 9.17) is 35.4 Å². The van der Waals surface area contributed by atoms with Gasteiger partial charge in [-0.25, -0.2) is 0 Å². The monoisotopic (exact) mass is 696 g/mol. The molecule has 0 aromatic heterocycles. The molecule has 0 radical (unpaired) electrons. The maximum absolute atomic E-state index is 7.72. The molecule has 0 saturated carbocycles. The van der Waals surface area contributed by atoms with Gasteiger partial charge in [0.25, 0.3) is 0 Å². The van der Waals surface area contributed by atoms with Crippen LogP contribution in [-0.2, 0) is 35.4 Å². The van der Waals surface area contributed by atoms with Crippen LogP contribution in [0.5, 0.6) is 0 Å². The van der Waals surface area contributed by atoms with E-state index < -0.39 is 34.2 Å². The van der Waals surface area contributed by atoms with Gasteiger partial charge in [0.05, 0.1) is 47.3 Å². The third-order valence-corrected chi connectivity index (χ3v) is 28.0. The highest BCUT2D eigenvalue weighted by atomic mass is 28.5. The number of hydrogen-bond acceptors (Lipinski definition) is 8. The van der Waals surface area contributed by atoms with Crippen molar-refractivity contribution in [1.82, 2.24) is 0 Å². The van der Waals surface area contributed by atoms with E-state index in [0.717, 1.165) is 0 Å². The molecule has 0 atom stereocenters. The van der Waals surface area contributed by atoms with Crippen molar-refractivity contribution < 1.29 is 35.4 Å². The van der Waals surface area contributed by atoms with Crippen molar-refractivity contribution >= 4 is 34.2 Å². The van der Waals surface area contributed by atoms with E-state index in [1.54, 1.807) is 0 Å². The summed E-state index contributed by atoms with van der Waals surface area (Å²) in [5, 5.41) is 0. The van der Waals surface area contributed by atoms with E-state index in [0.29, 0.717) is 24.9 Å². The van der Waals surface area contributed by atoms with Gasteiger partial charge in [-0.2, -0.15) is 0 Å². The first-order valence-corrected chi connectivity index (χ1v) is 25.2. The lowest BCUT2D eigenvalue weighted by Crippen LogP contribution is -2.77. The van der Waals surface area contributed by atoms with Crippen LogP contribution in [-0.4, -0.2) is 81.6 Å². The highest BCUT2D eigenvalue weighted by Crippen LogP contribution is 2.46. The predicted molar refractivity (Wildman–Crippen MR) is 191 cm³/mol. The molecule has 264 valence electrons. The van der Waals surface area contributed by atoms with Crippen molar-refractivity contribution in [2.24, 2.45) is 0 Å². The van der Waals surface area contributed by atoms with Crippen LogP contribution in [0.15, 0.2) is 0 Å². The maximum Gasteiger partial charge on any atom is 0.350 e. The van der Waals surface area contributed by atoms with Crippen LogP contribution in [0.3, 0.4) is 0 Å². The molecule has 1 rings (SSSR count). The molecule has 1 fully saturated rings. The normalized spacial score (nSPS) is 30.0. The Morgan fingerprint density at radius 2 is 0.477 bits per heavy atom. The number of hydrogen-bond donors (Lipinski definition) is 0. The summed E-state index contributed by atoms with van der Waals surface area (Å²) in [6, 6.07) is 0. The van der Waals surface area contributed by atoms with Gasteiger partial charge < -0.3 is 35.4 Å². The summed E-state index contributed by atoms with van der Waals surface area (Å²) in [6.07, 6.45) is 1.46. The van der Waals surface area contributed by atoms with Gasteiger partial charge in [0, 0.05) is 0 Å². The van der Waals surface area contributed by atoms with Gasteiger partial charge >= 0.3 is 34.2 Å². The Hall–Kier alpha value is 0.548. The quantitative estimate of drug-likeness (QED) is 0.187. The third kappa shape index (κ3) is 12.5. The van der Waals surface area contributed by atoms with Gasteiger partial charge in [-0.05, 0) is 105 Å². The minimum atomic E-state index is -3.23. The zero-order chi connectivity index (χ0) is 34.8. The van der Waals surface area contributed by atoms with Crippen molar-refractivity contribution in [2.75, 3.05) is 24.9 Å². The molecule has 1 aliphatic rings. The molecule has 0 N–H and O–H groups in total. The third-order valence-electron chi connectivity index (χ3n) is 7.73. The van der Waals surface area contributed by atoms with E-state index in [9.17, 15) is 0 Å². The summed E-state index contributed by atoms with van der Waals surface area (Å²) in [4.78, 5) is 0. The maximum atomic E-state index is 7.72. The van der Waals surface area contributed by atoms with Gasteiger partial charge in [0.15, 0.2) is 0 Å². The van der Waals surface area contributed by atoms with Gasteiger partial charge in [-0.3, -0.25) is 0 Å². The minimum absolute atomic E-state index is 0.0524. The molecule has 8 nitrogen and oxygen atoms in total. The molecular formula is C32H72O8Si4. The molecule has 0 amide bonds. The first kappa shape index (κ1) is 42.6. The van der Waals surface area contributed by atoms with Crippen LogP contribution in [0.25, 0.3) is 0 Å². The van der Waals surface area contributed by atoms with Crippen molar-refractivity contribution in [3.05, 3.63) is 0 Å². The lowest BCUT2D eigenvalue weighted by Gasteiger charge is -2.57. The second kappa shape index (κ2) is 15.0. The van der Waals surface area contributed by atoms with Gasteiger partial charge in [0.1, 0.15) is 0 Å².